The van der Waals surface area contributed by atoms with Crippen LogP contribution in [0.15, 0.2) is 38.4 Å². The number of benzene rings is 1. The van der Waals surface area contributed by atoms with Gasteiger partial charge >= 0.3 is 0 Å². The summed E-state index contributed by atoms with van der Waals surface area (Å²) in [5, 5.41) is 10.8. The van der Waals surface area contributed by atoms with Gasteiger partial charge in [0, 0.05) is 20.1 Å². The third-order valence-electron chi connectivity index (χ3n) is 3.38. The van der Waals surface area contributed by atoms with Crippen LogP contribution in [-0.4, -0.2) is 26.2 Å². The minimum Gasteiger partial charge on any atom is -0.486 e. The highest BCUT2D eigenvalue weighted by molar-refractivity contribution is 14.0. The van der Waals surface area contributed by atoms with E-state index in [0.29, 0.717) is 19.8 Å². The van der Waals surface area contributed by atoms with Gasteiger partial charge in [-0.25, -0.2) is 0 Å². The molecule has 2 aromatic rings. The second kappa shape index (κ2) is 9.47. The lowest BCUT2D eigenvalue weighted by atomic mass is 10.2. The van der Waals surface area contributed by atoms with Gasteiger partial charge in [0.25, 0.3) is 0 Å². The Morgan fingerprint density at radius 3 is 2.67 bits per heavy atom. The molecule has 1 aromatic heterocycles. The van der Waals surface area contributed by atoms with Gasteiger partial charge in [0.2, 0.25) is 0 Å². The molecule has 2 N–H and O–H groups in total. The Kier molecular flexibility index (Phi) is 7.63. The van der Waals surface area contributed by atoms with Crippen LogP contribution in [-0.2, 0) is 13.1 Å². The average molecular weight is 524 g/mol. The largest absolute Gasteiger partial charge is 0.486 e. The zero-order valence-corrected chi connectivity index (χ0v) is 17.9. The van der Waals surface area contributed by atoms with E-state index in [-0.39, 0.29) is 24.0 Å². The molecular formula is C16H19BrIN3O2S. The van der Waals surface area contributed by atoms with Gasteiger partial charge in [-0.15, -0.1) is 24.0 Å². The Bertz CT molecular complexity index is 695. The van der Waals surface area contributed by atoms with Gasteiger partial charge in [-0.05, 0) is 56.0 Å². The Labute approximate surface area is 171 Å². The number of rotatable bonds is 4. The lowest BCUT2D eigenvalue weighted by Crippen LogP contribution is -2.36. The summed E-state index contributed by atoms with van der Waals surface area (Å²) in [5.41, 5.74) is 2.35. The second-order valence-corrected chi connectivity index (χ2v) is 6.65. The molecule has 0 atom stereocenters. The molecule has 0 bridgehead atoms. The van der Waals surface area contributed by atoms with Crippen LogP contribution >= 0.6 is 51.2 Å². The lowest BCUT2D eigenvalue weighted by Gasteiger charge is -2.20. The third-order valence-corrected chi connectivity index (χ3v) is 4.70. The van der Waals surface area contributed by atoms with Crippen molar-refractivity contribution in [1.82, 2.24) is 10.6 Å². The van der Waals surface area contributed by atoms with Gasteiger partial charge in [0.05, 0.1) is 4.47 Å². The highest BCUT2D eigenvalue weighted by atomic mass is 127. The summed E-state index contributed by atoms with van der Waals surface area (Å²) in [6, 6.07) is 6.13. The van der Waals surface area contributed by atoms with Crippen molar-refractivity contribution in [3.05, 3.63) is 44.6 Å². The first kappa shape index (κ1) is 19.3. The Hall–Kier alpha value is -1.000. The molecule has 0 saturated heterocycles. The van der Waals surface area contributed by atoms with E-state index in [1.165, 1.54) is 5.56 Å². The molecule has 0 radical (unpaired) electrons. The van der Waals surface area contributed by atoms with Crippen LogP contribution in [0.2, 0.25) is 0 Å². The third kappa shape index (κ3) is 5.00. The minimum absolute atomic E-state index is 0. The molecule has 1 aromatic carbocycles. The minimum atomic E-state index is 0. The molecule has 2 heterocycles. The first-order chi connectivity index (χ1) is 11.3. The highest BCUT2D eigenvalue weighted by Gasteiger charge is 2.16. The van der Waals surface area contributed by atoms with Crippen LogP contribution in [0.4, 0.5) is 0 Å². The first-order valence-electron chi connectivity index (χ1n) is 7.30. The van der Waals surface area contributed by atoms with E-state index < -0.39 is 0 Å². The summed E-state index contributed by atoms with van der Waals surface area (Å²) in [7, 11) is 1.77. The Morgan fingerprint density at radius 1 is 1.21 bits per heavy atom. The predicted molar refractivity (Wildman–Crippen MR) is 112 cm³/mol. The molecule has 0 saturated carbocycles. The number of nitrogens with zero attached hydrogens (tertiary/aromatic N) is 1. The van der Waals surface area contributed by atoms with E-state index >= 15 is 0 Å². The molecule has 1 aliphatic heterocycles. The van der Waals surface area contributed by atoms with Crippen LogP contribution in [0.1, 0.15) is 11.1 Å². The molecule has 24 heavy (non-hydrogen) atoms. The van der Waals surface area contributed by atoms with Gasteiger partial charge in [0.1, 0.15) is 13.2 Å². The SMILES string of the molecule is CN=C(NCc1ccsc1)NCc1cc(Br)c2c(c1)OCCO2.I. The number of fused-ring (bicyclic) bond motifs is 1. The number of ether oxygens (including phenoxy) is 2. The maximum atomic E-state index is 5.65. The molecule has 8 heteroatoms. The zero-order valence-electron chi connectivity index (χ0n) is 13.2. The number of aliphatic imine (C=N–C) groups is 1. The topological polar surface area (TPSA) is 54.9 Å². The lowest BCUT2D eigenvalue weighted by molar-refractivity contribution is 0.170. The summed E-state index contributed by atoms with van der Waals surface area (Å²) >= 11 is 5.23. The van der Waals surface area contributed by atoms with E-state index in [4.69, 9.17) is 9.47 Å². The second-order valence-electron chi connectivity index (χ2n) is 5.01. The fraction of sp³-hybridized carbons (Fsp3) is 0.312. The van der Waals surface area contributed by atoms with Crippen LogP contribution in [0.3, 0.4) is 0 Å². The van der Waals surface area contributed by atoms with Crippen molar-refractivity contribution in [3.8, 4) is 11.5 Å². The monoisotopic (exact) mass is 523 g/mol. The van der Waals surface area contributed by atoms with E-state index in [0.717, 1.165) is 34.0 Å². The van der Waals surface area contributed by atoms with Gasteiger partial charge in [0.15, 0.2) is 17.5 Å². The first-order valence-corrected chi connectivity index (χ1v) is 9.03. The molecule has 0 amide bonds. The number of nitrogens with one attached hydrogen (secondary N) is 2. The summed E-state index contributed by atoms with van der Waals surface area (Å²) in [4.78, 5) is 4.24. The smallest absolute Gasteiger partial charge is 0.191 e. The summed E-state index contributed by atoms with van der Waals surface area (Å²) < 4.78 is 12.2. The highest BCUT2D eigenvalue weighted by Crippen LogP contribution is 2.38. The van der Waals surface area contributed by atoms with Gasteiger partial charge in [-0.3, -0.25) is 4.99 Å². The fourth-order valence-corrected chi connectivity index (χ4v) is 3.52. The van der Waals surface area contributed by atoms with Crippen LogP contribution in [0, 0.1) is 0 Å². The molecule has 3 rings (SSSR count). The fourth-order valence-electron chi connectivity index (χ4n) is 2.25. The standard InChI is InChI=1S/C16H18BrN3O2S.HI/c1-18-16(19-8-11-2-5-23-10-11)20-9-12-6-13(17)15-14(7-12)21-3-4-22-15;/h2,5-7,10H,3-4,8-9H2,1H3,(H2,18,19,20);1H. The van der Waals surface area contributed by atoms with Gasteiger partial charge < -0.3 is 20.1 Å². The van der Waals surface area contributed by atoms with Crippen molar-refractivity contribution in [3.63, 3.8) is 0 Å². The van der Waals surface area contributed by atoms with Gasteiger partial charge in [-0.2, -0.15) is 11.3 Å². The molecule has 130 valence electrons. The van der Waals surface area contributed by atoms with E-state index in [1.54, 1.807) is 18.4 Å². The van der Waals surface area contributed by atoms with Gasteiger partial charge in [-0.1, -0.05) is 0 Å². The van der Waals surface area contributed by atoms with E-state index in [9.17, 15) is 0 Å². The molecule has 5 nitrogen and oxygen atoms in total. The Balaban J connectivity index is 0.00000208. The maximum Gasteiger partial charge on any atom is 0.191 e. The number of hydrogen-bond donors (Lipinski definition) is 2. The molecule has 0 spiro atoms. The maximum absolute atomic E-state index is 5.65. The average Bonchev–Trinajstić information content (AvgIpc) is 3.08. The molecular weight excluding hydrogens is 505 g/mol. The van der Waals surface area contributed by atoms with Crippen LogP contribution in [0.25, 0.3) is 0 Å². The number of guanidine groups is 1. The van der Waals surface area contributed by atoms with Crippen molar-refractivity contribution in [2.45, 2.75) is 13.1 Å². The normalized spacial score (nSPS) is 13.2. The molecule has 0 unspecified atom stereocenters. The summed E-state index contributed by atoms with van der Waals surface area (Å²) in [6.07, 6.45) is 0. The van der Waals surface area contributed by atoms with Crippen LogP contribution < -0.4 is 20.1 Å². The van der Waals surface area contributed by atoms with Crippen molar-refractivity contribution in [2.24, 2.45) is 4.99 Å². The molecule has 0 aliphatic carbocycles. The molecule has 1 aliphatic rings. The summed E-state index contributed by atoms with van der Waals surface area (Å²) in [6.45, 7) is 2.58. The van der Waals surface area contributed by atoms with Crippen molar-refractivity contribution in [1.29, 1.82) is 0 Å². The van der Waals surface area contributed by atoms with Crippen molar-refractivity contribution >= 4 is 57.2 Å². The zero-order chi connectivity index (χ0) is 16.1. The molecule has 0 fully saturated rings. The van der Waals surface area contributed by atoms with Crippen LogP contribution in [0.5, 0.6) is 11.5 Å². The van der Waals surface area contributed by atoms with Crippen molar-refractivity contribution < 1.29 is 9.47 Å². The number of thiophene rings is 1. The van der Waals surface area contributed by atoms with E-state index in [1.807, 2.05) is 12.1 Å². The number of hydrogen-bond acceptors (Lipinski definition) is 4. The predicted octanol–water partition coefficient (Wildman–Crippen LogP) is 3.77. The van der Waals surface area contributed by atoms with E-state index in [2.05, 4.69) is 48.4 Å². The van der Waals surface area contributed by atoms with Crippen molar-refractivity contribution in [2.75, 3.05) is 20.3 Å². The quantitative estimate of drug-likeness (QED) is 0.364. The number of halogens is 2. The summed E-state index contributed by atoms with van der Waals surface area (Å²) in [5.74, 6) is 2.32. The Morgan fingerprint density at radius 2 is 1.96 bits per heavy atom.